The number of rotatable bonds is 2. The number of benzene rings is 2. The third kappa shape index (κ3) is 2.59. The van der Waals surface area contributed by atoms with Crippen LogP contribution in [0.3, 0.4) is 0 Å². The molecule has 0 unspecified atom stereocenters. The molecule has 0 aliphatic heterocycles. The number of hydrogen-bond acceptors (Lipinski definition) is 2. The van der Waals surface area contributed by atoms with Crippen molar-refractivity contribution in [3.8, 4) is 11.1 Å². The van der Waals surface area contributed by atoms with Crippen molar-refractivity contribution in [2.75, 3.05) is 0 Å². The summed E-state index contributed by atoms with van der Waals surface area (Å²) in [5.41, 5.74) is 3.71. The van der Waals surface area contributed by atoms with E-state index in [4.69, 9.17) is 34.8 Å². The van der Waals surface area contributed by atoms with Crippen molar-refractivity contribution in [2.45, 2.75) is 10.2 Å². The lowest BCUT2D eigenvalue weighted by Gasteiger charge is -2.10. The van der Waals surface area contributed by atoms with Crippen LogP contribution in [0.1, 0.15) is 21.5 Å². The van der Waals surface area contributed by atoms with E-state index < -0.39 is 9.58 Å². The van der Waals surface area contributed by atoms with Gasteiger partial charge in [0, 0.05) is 17.5 Å². The van der Waals surface area contributed by atoms with Gasteiger partial charge in [-0.1, -0.05) is 71.2 Å². The normalized spacial score (nSPS) is 13.0. The second-order valence-corrected chi connectivity index (χ2v) is 7.13. The van der Waals surface area contributed by atoms with Crippen LogP contribution in [0.15, 0.2) is 42.5 Å². The zero-order chi connectivity index (χ0) is 15.2. The van der Waals surface area contributed by atoms with Gasteiger partial charge in [-0.05, 0) is 22.8 Å². The molecule has 2 aromatic rings. The lowest BCUT2D eigenvalue weighted by atomic mass is 10.0. The minimum Gasteiger partial charge on any atom is -0.294 e. The molecule has 0 saturated carbocycles. The molecule has 0 atom stereocenters. The molecule has 3 rings (SSSR count). The van der Waals surface area contributed by atoms with Crippen LogP contribution in [-0.4, -0.2) is 15.4 Å². The molecule has 1 aliphatic carbocycles. The SMILES string of the molecule is O=C1c2ccccc2-c2ccc(CC(=O)C(Cl)(Cl)Cl)cc21. The van der Waals surface area contributed by atoms with Crippen molar-refractivity contribution in [1.82, 2.24) is 0 Å². The fraction of sp³-hybridized carbons (Fsp3) is 0.125. The number of alkyl halides is 3. The Morgan fingerprint density at radius 2 is 1.52 bits per heavy atom. The van der Waals surface area contributed by atoms with E-state index in [9.17, 15) is 9.59 Å². The molecule has 0 amide bonds. The number of hydrogen-bond donors (Lipinski definition) is 0. The molecule has 0 heterocycles. The van der Waals surface area contributed by atoms with E-state index in [0.29, 0.717) is 16.7 Å². The quantitative estimate of drug-likeness (QED) is 0.649. The Bertz CT molecular complexity index is 760. The maximum absolute atomic E-state index is 12.4. The Kier molecular flexibility index (Phi) is 3.56. The van der Waals surface area contributed by atoms with Gasteiger partial charge in [0.05, 0.1) is 0 Å². The number of halogens is 3. The van der Waals surface area contributed by atoms with Gasteiger partial charge in [0.2, 0.25) is 3.79 Å². The molecule has 0 saturated heterocycles. The molecule has 0 N–H and O–H groups in total. The average molecular weight is 340 g/mol. The zero-order valence-corrected chi connectivity index (χ0v) is 13.0. The van der Waals surface area contributed by atoms with Gasteiger partial charge in [0.1, 0.15) is 0 Å². The van der Waals surface area contributed by atoms with Crippen LogP contribution in [-0.2, 0) is 11.2 Å². The summed E-state index contributed by atoms with van der Waals surface area (Å²) in [4.78, 5) is 24.1. The first kappa shape index (κ1) is 14.6. The molecule has 1 aliphatic rings. The van der Waals surface area contributed by atoms with Crippen molar-refractivity contribution in [3.05, 3.63) is 59.2 Å². The number of ketones is 2. The van der Waals surface area contributed by atoms with E-state index in [2.05, 4.69) is 0 Å². The molecule has 5 heteroatoms. The van der Waals surface area contributed by atoms with Gasteiger partial charge in [-0.3, -0.25) is 9.59 Å². The largest absolute Gasteiger partial charge is 0.294 e. The van der Waals surface area contributed by atoms with Crippen LogP contribution < -0.4 is 0 Å². The minimum atomic E-state index is -1.94. The van der Waals surface area contributed by atoms with Gasteiger partial charge in [-0.15, -0.1) is 0 Å². The lowest BCUT2D eigenvalue weighted by molar-refractivity contribution is -0.117. The zero-order valence-electron chi connectivity index (χ0n) is 10.7. The minimum absolute atomic E-state index is 0.0204. The molecule has 0 spiro atoms. The van der Waals surface area contributed by atoms with Crippen LogP contribution in [0, 0.1) is 0 Å². The lowest BCUT2D eigenvalue weighted by Crippen LogP contribution is -2.21. The van der Waals surface area contributed by atoms with Gasteiger partial charge in [-0.2, -0.15) is 0 Å². The molecule has 2 nitrogen and oxygen atoms in total. The van der Waals surface area contributed by atoms with Crippen molar-refractivity contribution in [2.24, 2.45) is 0 Å². The molecule has 0 bridgehead atoms. The summed E-state index contributed by atoms with van der Waals surface area (Å²) in [5.74, 6) is -0.556. The highest BCUT2D eigenvalue weighted by Gasteiger charge is 2.31. The van der Waals surface area contributed by atoms with Crippen LogP contribution >= 0.6 is 34.8 Å². The maximum atomic E-state index is 12.4. The summed E-state index contributed by atoms with van der Waals surface area (Å²) in [6.45, 7) is 0. The Hall–Kier alpha value is -1.35. The van der Waals surface area contributed by atoms with E-state index in [0.717, 1.165) is 11.1 Å². The predicted molar refractivity (Wildman–Crippen MR) is 84.3 cm³/mol. The Morgan fingerprint density at radius 3 is 2.19 bits per heavy atom. The summed E-state index contributed by atoms with van der Waals surface area (Å²) in [6, 6.07) is 12.7. The molecule has 21 heavy (non-hydrogen) atoms. The molecule has 0 radical (unpaired) electrons. The summed E-state index contributed by atoms with van der Waals surface area (Å²) in [5, 5.41) is 0. The molecular weight excluding hydrogens is 331 g/mol. The second-order valence-electron chi connectivity index (χ2n) is 4.85. The van der Waals surface area contributed by atoms with Crippen molar-refractivity contribution >= 4 is 46.4 Å². The average Bonchev–Trinajstić information content (AvgIpc) is 2.72. The first-order chi connectivity index (χ1) is 9.88. The van der Waals surface area contributed by atoms with Crippen LogP contribution in [0.25, 0.3) is 11.1 Å². The molecule has 106 valence electrons. The first-order valence-electron chi connectivity index (χ1n) is 6.25. The van der Waals surface area contributed by atoms with E-state index in [-0.39, 0.29) is 12.2 Å². The van der Waals surface area contributed by atoms with Crippen molar-refractivity contribution < 1.29 is 9.59 Å². The monoisotopic (exact) mass is 338 g/mol. The van der Waals surface area contributed by atoms with E-state index in [1.807, 2.05) is 24.3 Å². The smallest absolute Gasteiger partial charge is 0.249 e. The van der Waals surface area contributed by atoms with Crippen molar-refractivity contribution in [3.63, 3.8) is 0 Å². The van der Waals surface area contributed by atoms with Crippen LogP contribution in [0.5, 0.6) is 0 Å². The number of carbonyl (C=O) groups excluding carboxylic acids is 2. The van der Waals surface area contributed by atoms with E-state index >= 15 is 0 Å². The van der Waals surface area contributed by atoms with E-state index in [1.165, 1.54) is 0 Å². The standard InChI is InChI=1S/C16H9Cl3O2/c17-16(18,19)14(20)8-9-5-6-11-10-3-1-2-4-12(10)15(21)13(11)7-9/h1-7H,8H2. The summed E-state index contributed by atoms with van der Waals surface area (Å²) in [6.07, 6.45) is -0.0204. The Morgan fingerprint density at radius 1 is 0.905 bits per heavy atom. The highest BCUT2D eigenvalue weighted by atomic mass is 35.6. The predicted octanol–water partition coefficient (Wildman–Crippen LogP) is 4.38. The van der Waals surface area contributed by atoms with Gasteiger partial charge >= 0.3 is 0 Å². The summed E-state index contributed by atoms with van der Waals surface area (Å²) in [7, 11) is 0. The van der Waals surface area contributed by atoms with Crippen LogP contribution in [0.2, 0.25) is 0 Å². The van der Waals surface area contributed by atoms with Crippen molar-refractivity contribution in [1.29, 1.82) is 0 Å². The van der Waals surface area contributed by atoms with Gasteiger partial charge in [-0.25, -0.2) is 0 Å². The number of fused-ring (bicyclic) bond motifs is 3. The summed E-state index contributed by atoms with van der Waals surface area (Å²) >= 11 is 16.7. The molecule has 0 aromatic heterocycles. The van der Waals surface area contributed by atoms with Crippen LogP contribution in [0.4, 0.5) is 0 Å². The molecule has 0 fully saturated rings. The fourth-order valence-electron chi connectivity index (χ4n) is 2.47. The first-order valence-corrected chi connectivity index (χ1v) is 7.38. The maximum Gasteiger partial charge on any atom is 0.249 e. The van der Waals surface area contributed by atoms with Gasteiger partial charge in [0.25, 0.3) is 0 Å². The molecule has 2 aromatic carbocycles. The van der Waals surface area contributed by atoms with Gasteiger partial charge in [0.15, 0.2) is 11.6 Å². The number of Topliss-reactive ketones (excluding diaryl/α,β-unsaturated/α-hetero) is 1. The Labute approximate surface area is 136 Å². The topological polar surface area (TPSA) is 34.1 Å². The highest BCUT2D eigenvalue weighted by Crippen LogP contribution is 2.37. The third-order valence-electron chi connectivity index (χ3n) is 3.47. The number of carbonyl (C=O) groups is 2. The fourth-order valence-corrected chi connectivity index (χ4v) is 2.67. The van der Waals surface area contributed by atoms with Gasteiger partial charge < -0.3 is 0 Å². The van der Waals surface area contributed by atoms with E-state index in [1.54, 1.807) is 18.2 Å². The second kappa shape index (κ2) is 5.13. The summed E-state index contributed by atoms with van der Waals surface area (Å²) < 4.78 is -1.94. The highest BCUT2D eigenvalue weighted by molar-refractivity contribution is 6.76. The third-order valence-corrected chi connectivity index (χ3v) is 4.10. The molecular formula is C16H9Cl3O2. The Balaban J connectivity index is 1.98.